The number of anilines is 1. The number of halogens is 1. The molecule has 1 aromatic carbocycles. The average molecular weight is 426 g/mol. The lowest BCUT2D eigenvalue weighted by atomic mass is 10.2. The summed E-state index contributed by atoms with van der Waals surface area (Å²) < 4.78 is 0. The van der Waals surface area contributed by atoms with Crippen molar-refractivity contribution in [1.29, 1.82) is 0 Å². The lowest BCUT2D eigenvalue weighted by molar-refractivity contribution is -0.129. The van der Waals surface area contributed by atoms with E-state index < -0.39 is 0 Å². The highest BCUT2D eigenvalue weighted by molar-refractivity contribution is 7.98. The Bertz CT molecular complexity index is 618. The van der Waals surface area contributed by atoms with Crippen molar-refractivity contribution in [3.63, 3.8) is 0 Å². The van der Waals surface area contributed by atoms with Gasteiger partial charge in [-0.1, -0.05) is 11.6 Å². The number of unbranched alkanes of at least 4 members (excludes halogenated alkanes) is 1. The molecule has 0 radical (unpaired) electrons. The molecule has 2 rings (SSSR count). The molecule has 1 aromatic rings. The highest BCUT2D eigenvalue weighted by Gasteiger charge is 2.21. The van der Waals surface area contributed by atoms with Crippen molar-refractivity contribution in [2.24, 2.45) is 4.99 Å². The Morgan fingerprint density at radius 1 is 1.14 bits per heavy atom. The minimum Gasteiger partial charge on any atom is -0.368 e. The second-order valence-corrected chi connectivity index (χ2v) is 8.09. The molecule has 0 spiro atoms. The zero-order valence-electron chi connectivity index (χ0n) is 16.9. The zero-order valence-corrected chi connectivity index (χ0v) is 18.5. The lowest BCUT2D eigenvalue weighted by Gasteiger charge is -2.36. The maximum atomic E-state index is 12.5. The van der Waals surface area contributed by atoms with Gasteiger partial charge in [0.25, 0.3) is 0 Å². The van der Waals surface area contributed by atoms with Crippen molar-refractivity contribution in [1.82, 2.24) is 15.5 Å². The smallest absolute Gasteiger partial charge is 0.244 e. The van der Waals surface area contributed by atoms with Gasteiger partial charge in [-0.3, -0.25) is 4.79 Å². The molecular formula is C20H32ClN5OS. The topological polar surface area (TPSA) is 60.0 Å². The molecule has 0 bridgehead atoms. The molecule has 1 saturated heterocycles. The highest BCUT2D eigenvalue weighted by Crippen LogP contribution is 2.19. The first-order valence-corrected chi connectivity index (χ1v) is 11.7. The van der Waals surface area contributed by atoms with Crippen LogP contribution in [0.25, 0.3) is 0 Å². The van der Waals surface area contributed by atoms with Gasteiger partial charge in [-0.15, -0.1) is 0 Å². The molecule has 0 aliphatic carbocycles. The van der Waals surface area contributed by atoms with Gasteiger partial charge < -0.3 is 20.4 Å². The van der Waals surface area contributed by atoms with Crippen molar-refractivity contribution in [2.45, 2.75) is 19.8 Å². The van der Waals surface area contributed by atoms with E-state index in [0.29, 0.717) is 0 Å². The number of rotatable bonds is 9. The Labute approximate surface area is 178 Å². The van der Waals surface area contributed by atoms with Crippen LogP contribution in [0, 0.1) is 0 Å². The number of guanidine groups is 1. The molecule has 1 heterocycles. The zero-order chi connectivity index (χ0) is 20.2. The van der Waals surface area contributed by atoms with Crippen LogP contribution in [0.15, 0.2) is 29.3 Å². The van der Waals surface area contributed by atoms with E-state index in [4.69, 9.17) is 11.6 Å². The number of carbonyl (C=O) groups is 1. The molecule has 156 valence electrons. The number of amides is 1. The third-order valence-electron chi connectivity index (χ3n) is 4.61. The van der Waals surface area contributed by atoms with Gasteiger partial charge in [-0.05, 0) is 56.0 Å². The Kier molecular flexibility index (Phi) is 10.4. The Balaban J connectivity index is 1.76. The average Bonchev–Trinajstić information content (AvgIpc) is 2.72. The predicted octanol–water partition coefficient (Wildman–Crippen LogP) is 2.69. The Hall–Kier alpha value is -1.60. The van der Waals surface area contributed by atoms with Gasteiger partial charge >= 0.3 is 0 Å². The molecule has 0 atom stereocenters. The molecule has 6 nitrogen and oxygen atoms in total. The van der Waals surface area contributed by atoms with Gasteiger partial charge in [-0.25, -0.2) is 4.99 Å². The quantitative estimate of drug-likeness (QED) is 0.362. The summed E-state index contributed by atoms with van der Waals surface area (Å²) in [5.74, 6) is 1.98. The summed E-state index contributed by atoms with van der Waals surface area (Å²) >= 11 is 7.82. The molecule has 0 saturated carbocycles. The van der Waals surface area contributed by atoms with Gasteiger partial charge in [0.05, 0.1) is 0 Å². The second-order valence-electron chi connectivity index (χ2n) is 6.67. The number of nitrogens with zero attached hydrogens (tertiary/aromatic N) is 3. The molecule has 1 amide bonds. The van der Waals surface area contributed by atoms with Gasteiger partial charge in [-0.2, -0.15) is 11.8 Å². The van der Waals surface area contributed by atoms with E-state index in [0.717, 1.165) is 62.4 Å². The monoisotopic (exact) mass is 425 g/mol. The van der Waals surface area contributed by atoms with E-state index in [1.165, 1.54) is 12.2 Å². The van der Waals surface area contributed by atoms with Crippen LogP contribution in [0.5, 0.6) is 0 Å². The molecular weight excluding hydrogens is 394 g/mol. The van der Waals surface area contributed by atoms with Crippen LogP contribution in [-0.2, 0) is 4.79 Å². The van der Waals surface area contributed by atoms with Crippen LogP contribution < -0.4 is 15.5 Å². The number of piperazine rings is 1. The molecule has 1 aliphatic rings. The first-order valence-electron chi connectivity index (χ1n) is 9.93. The number of thioether (sulfide) groups is 1. The van der Waals surface area contributed by atoms with Crippen LogP contribution in [0.2, 0.25) is 5.02 Å². The molecule has 0 unspecified atom stereocenters. The summed E-state index contributed by atoms with van der Waals surface area (Å²) in [4.78, 5) is 21.2. The molecule has 0 aromatic heterocycles. The normalized spacial score (nSPS) is 14.9. The van der Waals surface area contributed by atoms with E-state index in [1.807, 2.05) is 47.9 Å². The lowest BCUT2D eigenvalue weighted by Crippen LogP contribution is -2.49. The standard InChI is InChI=1S/C20H32ClN5OS/c1-3-22-20(23-10-4-5-15-28-2)24-16-19(27)26-13-11-25(12-14-26)18-8-6-17(21)7-9-18/h6-9H,3-5,10-16H2,1-2H3,(H2,22,23,24). The summed E-state index contributed by atoms with van der Waals surface area (Å²) in [6.45, 7) is 6.95. The molecule has 8 heteroatoms. The maximum Gasteiger partial charge on any atom is 0.244 e. The van der Waals surface area contributed by atoms with Crippen molar-refractivity contribution in [2.75, 3.05) is 62.7 Å². The summed E-state index contributed by atoms with van der Waals surface area (Å²) in [6, 6.07) is 7.86. The minimum absolute atomic E-state index is 0.0790. The highest BCUT2D eigenvalue weighted by atomic mass is 35.5. The largest absolute Gasteiger partial charge is 0.368 e. The number of hydrogen-bond acceptors (Lipinski definition) is 4. The van der Waals surface area contributed by atoms with Crippen molar-refractivity contribution in [3.05, 3.63) is 29.3 Å². The third kappa shape index (κ3) is 7.80. The van der Waals surface area contributed by atoms with Gasteiger partial charge in [0.2, 0.25) is 5.91 Å². The Morgan fingerprint density at radius 3 is 2.50 bits per heavy atom. The minimum atomic E-state index is 0.0790. The summed E-state index contributed by atoms with van der Waals surface area (Å²) in [5.41, 5.74) is 1.15. The number of nitrogens with one attached hydrogen (secondary N) is 2. The van der Waals surface area contributed by atoms with Crippen molar-refractivity contribution >= 4 is 40.9 Å². The van der Waals surface area contributed by atoms with E-state index in [9.17, 15) is 4.79 Å². The van der Waals surface area contributed by atoms with Crippen LogP contribution in [0.3, 0.4) is 0 Å². The number of hydrogen-bond donors (Lipinski definition) is 2. The fourth-order valence-corrected chi connectivity index (χ4v) is 3.65. The van der Waals surface area contributed by atoms with Crippen molar-refractivity contribution < 1.29 is 4.79 Å². The predicted molar refractivity (Wildman–Crippen MR) is 122 cm³/mol. The van der Waals surface area contributed by atoms with Crippen LogP contribution in [0.4, 0.5) is 5.69 Å². The van der Waals surface area contributed by atoms with E-state index in [1.54, 1.807) is 0 Å². The van der Waals surface area contributed by atoms with E-state index >= 15 is 0 Å². The number of carbonyl (C=O) groups excluding carboxylic acids is 1. The molecule has 28 heavy (non-hydrogen) atoms. The Morgan fingerprint density at radius 2 is 1.86 bits per heavy atom. The number of aliphatic imine (C=N–C) groups is 1. The SMILES string of the molecule is CCNC(=NCC(=O)N1CCN(c2ccc(Cl)cc2)CC1)NCCCCSC. The van der Waals surface area contributed by atoms with Gasteiger partial charge in [0, 0.05) is 50.0 Å². The summed E-state index contributed by atoms with van der Waals surface area (Å²) in [5, 5.41) is 7.26. The first-order chi connectivity index (χ1) is 13.6. The third-order valence-corrected chi connectivity index (χ3v) is 5.56. The van der Waals surface area contributed by atoms with Crippen LogP contribution in [0.1, 0.15) is 19.8 Å². The maximum absolute atomic E-state index is 12.5. The van der Waals surface area contributed by atoms with Gasteiger partial charge in [0.1, 0.15) is 6.54 Å². The van der Waals surface area contributed by atoms with Crippen LogP contribution >= 0.6 is 23.4 Å². The molecule has 1 aliphatic heterocycles. The van der Waals surface area contributed by atoms with E-state index in [2.05, 4.69) is 26.8 Å². The number of benzene rings is 1. The molecule has 1 fully saturated rings. The fraction of sp³-hybridized carbons (Fsp3) is 0.600. The van der Waals surface area contributed by atoms with Crippen LogP contribution in [-0.4, -0.2) is 74.6 Å². The van der Waals surface area contributed by atoms with Crippen molar-refractivity contribution in [3.8, 4) is 0 Å². The van der Waals surface area contributed by atoms with E-state index in [-0.39, 0.29) is 12.5 Å². The molecule has 2 N–H and O–H groups in total. The van der Waals surface area contributed by atoms with Gasteiger partial charge in [0.15, 0.2) is 5.96 Å². The fourth-order valence-electron chi connectivity index (χ4n) is 3.03. The first kappa shape index (κ1) is 22.7. The summed E-state index contributed by atoms with van der Waals surface area (Å²) in [7, 11) is 0. The summed E-state index contributed by atoms with van der Waals surface area (Å²) in [6.07, 6.45) is 4.41. The second kappa shape index (κ2) is 12.8.